The SMILES string of the molecule is CC(c1ccccc1)C1CCC(c2cc(Cc3ccc(O)c(C4CCC(C(C)c5ccccc5)CC4)c3)ccc2O)CC1. The molecule has 2 fully saturated rings. The van der Waals surface area contributed by atoms with Crippen LogP contribution < -0.4 is 0 Å². The minimum Gasteiger partial charge on any atom is -0.508 e. The van der Waals surface area contributed by atoms with E-state index in [1.165, 1.54) is 47.9 Å². The predicted octanol–water partition coefficient (Wildman–Crippen LogP) is 10.8. The van der Waals surface area contributed by atoms with Crippen molar-refractivity contribution in [1.29, 1.82) is 0 Å². The number of rotatable bonds is 8. The largest absolute Gasteiger partial charge is 0.508 e. The van der Waals surface area contributed by atoms with E-state index >= 15 is 0 Å². The van der Waals surface area contributed by atoms with E-state index in [4.69, 9.17) is 0 Å². The first-order chi connectivity index (χ1) is 21.0. The summed E-state index contributed by atoms with van der Waals surface area (Å²) in [6, 6.07) is 34.3. The van der Waals surface area contributed by atoms with Crippen LogP contribution in [0.5, 0.6) is 11.5 Å². The van der Waals surface area contributed by atoms with Crippen molar-refractivity contribution in [2.24, 2.45) is 11.8 Å². The van der Waals surface area contributed by atoms with Gasteiger partial charge in [-0.1, -0.05) is 98.8 Å². The Hall–Kier alpha value is -3.52. The van der Waals surface area contributed by atoms with Crippen LogP contribution in [0, 0.1) is 11.8 Å². The standard InChI is InChI=1S/C41H48O2/c1-28(32-9-5-3-6-10-32)34-15-19-36(20-16-34)38-26-30(13-23-40(38)42)25-31-14-24-41(43)39(27-31)37-21-17-35(18-22-37)29(2)33-11-7-4-8-12-33/h3-14,23-24,26-29,34-37,42-43H,15-22,25H2,1-2H3. The van der Waals surface area contributed by atoms with E-state index in [-0.39, 0.29) is 0 Å². The zero-order valence-corrected chi connectivity index (χ0v) is 26.0. The van der Waals surface area contributed by atoms with E-state index < -0.39 is 0 Å². The van der Waals surface area contributed by atoms with Gasteiger partial charge in [-0.25, -0.2) is 0 Å². The molecule has 43 heavy (non-hydrogen) atoms. The summed E-state index contributed by atoms with van der Waals surface area (Å²) in [5.74, 6) is 4.28. The summed E-state index contributed by atoms with van der Waals surface area (Å²) in [6.07, 6.45) is 10.2. The Kier molecular flexibility index (Phi) is 9.22. The van der Waals surface area contributed by atoms with Gasteiger partial charge < -0.3 is 10.2 Å². The Morgan fingerprint density at radius 3 is 1.26 bits per heavy atom. The minimum atomic E-state index is 0.419. The molecular weight excluding hydrogens is 524 g/mol. The minimum absolute atomic E-state index is 0.419. The van der Waals surface area contributed by atoms with Crippen molar-refractivity contribution in [2.75, 3.05) is 0 Å². The van der Waals surface area contributed by atoms with Gasteiger partial charge in [-0.15, -0.1) is 0 Å². The lowest BCUT2D eigenvalue weighted by atomic mass is 9.72. The fourth-order valence-corrected chi connectivity index (χ4v) is 8.24. The Morgan fingerprint density at radius 1 is 0.512 bits per heavy atom. The number of phenols is 2. The number of phenolic OH excluding ortho intramolecular Hbond substituents is 2. The molecule has 2 unspecified atom stereocenters. The first kappa shape index (κ1) is 29.5. The van der Waals surface area contributed by atoms with Gasteiger partial charge in [-0.05, 0) is 139 Å². The Labute approximate surface area is 258 Å². The van der Waals surface area contributed by atoms with Gasteiger partial charge >= 0.3 is 0 Å². The smallest absolute Gasteiger partial charge is 0.119 e. The number of aromatic hydroxyl groups is 2. The normalized spacial score (nSPS) is 23.9. The van der Waals surface area contributed by atoms with Crippen molar-refractivity contribution in [3.05, 3.63) is 130 Å². The van der Waals surface area contributed by atoms with Crippen LogP contribution in [0.25, 0.3) is 0 Å². The molecule has 0 amide bonds. The molecule has 6 rings (SSSR count). The number of hydrogen-bond donors (Lipinski definition) is 2. The van der Waals surface area contributed by atoms with Crippen LogP contribution >= 0.6 is 0 Å². The summed E-state index contributed by atoms with van der Waals surface area (Å²) in [5, 5.41) is 21.7. The van der Waals surface area contributed by atoms with Gasteiger partial charge in [0.05, 0.1) is 0 Å². The third-order valence-corrected chi connectivity index (χ3v) is 11.1. The molecular formula is C41H48O2. The van der Waals surface area contributed by atoms with Gasteiger partial charge in [0.1, 0.15) is 11.5 Å². The second kappa shape index (κ2) is 13.4. The molecule has 0 aliphatic heterocycles. The summed E-state index contributed by atoms with van der Waals surface area (Å²) in [6.45, 7) is 4.75. The lowest BCUT2D eigenvalue weighted by molar-refractivity contribution is 0.287. The average Bonchev–Trinajstić information content (AvgIpc) is 3.07. The first-order valence-electron chi connectivity index (χ1n) is 16.7. The lowest BCUT2D eigenvalue weighted by Gasteiger charge is -2.33. The van der Waals surface area contributed by atoms with Crippen molar-refractivity contribution in [1.82, 2.24) is 0 Å². The van der Waals surface area contributed by atoms with E-state index in [1.54, 1.807) is 0 Å². The van der Waals surface area contributed by atoms with Gasteiger partial charge in [0, 0.05) is 0 Å². The maximum absolute atomic E-state index is 10.9. The quantitative estimate of drug-likeness (QED) is 0.220. The maximum Gasteiger partial charge on any atom is 0.119 e. The molecule has 4 aromatic carbocycles. The van der Waals surface area contributed by atoms with Crippen molar-refractivity contribution < 1.29 is 10.2 Å². The van der Waals surface area contributed by atoms with E-state index in [1.807, 2.05) is 12.1 Å². The van der Waals surface area contributed by atoms with Crippen LogP contribution in [-0.4, -0.2) is 10.2 Å². The molecule has 2 N–H and O–H groups in total. The predicted molar refractivity (Wildman–Crippen MR) is 178 cm³/mol. The molecule has 2 heteroatoms. The van der Waals surface area contributed by atoms with E-state index in [0.717, 1.165) is 43.2 Å². The Balaban J connectivity index is 1.09. The van der Waals surface area contributed by atoms with Crippen molar-refractivity contribution in [3.8, 4) is 11.5 Å². The second-order valence-electron chi connectivity index (χ2n) is 13.6. The van der Waals surface area contributed by atoms with Crippen LogP contribution in [0.2, 0.25) is 0 Å². The monoisotopic (exact) mass is 572 g/mol. The number of benzene rings is 4. The zero-order chi connectivity index (χ0) is 29.8. The van der Waals surface area contributed by atoms with E-state index in [2.05, 4.69) is 98.8 Å². The third-order valence-electron chi connectivity index (χ3n) is 11.1. The summed E-state index contributed by atoms with van der Waals surface area (Å²) in [4.78, 5) is 0. The summed E-state index contributed by atoms with van der Waals surface area (Å²) in [5.41, 5.74) is 7.60. The summed E-state index contributed by atoms with van der Waals surface area (Å²) in [7, 11) is 0. The third kappa shape index (κ3) is 6.85. The molecule has 2 aliphatic carbocycles. The van der Waals surface area contributed by atoms with Crippen molar-refractivity contribution in [3.63, 3.8) is 0 Å². The molecule has 224 valence electrons. The summed E-state index contributed by atoms with van der Waals surface area (Å²) >= 11 is 0. The van der Waals surface area contributed by atoms with Gasteiger partial charge in [-0.3, -0.25) is 0 Å². The van der Waals surface area contributed by atoms with E-state index in [0.29, 0.717) is 47.0 Å². The molecule has 0 bridgehead atoms. The highest BCUT2D eigenvalue weighted by atomic mass is 16.3. The van der Waals surface area contributed by atoms with Crippen molar-refractivity contribution in [2.45, 2.75) is 95.3 Å². The molecule has 2 nitrogen and oxygen atoms in total. The van der Waals surface area contributed by atoms with Crippen LogP contribution in [0.1, 0.15) is 122 Å². The van der Waals surface area contributed by atoms with Crippen LogP contribution in [0.3, 0.4) is 0 Å². The van der Waals surface area contributed by atoms with Gasteiger partial charge in [0.25, 0.3) is 0 Å². The van der Waals surface area contributed by atoms with Gasteiger partial charge in [0.2, 0.25) is 0 Å². The lowest BCUT2D eigenvalue weighted by Crippen LogP contribution is -2.18. The molecule has 0 aromatic heterocycles. The van der Waals surface area contributed by atoms with Gasteiger partial charge in [0.15, 0.2) is 0 Å². The topological polar surface area (TPSA) is 40.5 Å². The molecule has 0 radical (unpaired) electrons. The highest BCUT2D eigenvalue weighted by Gasteiger charge is 2.29. The van der Waals surface area contributed by atoms with Crippen molar-refractivity contribution >= 4 is 0 Å². The highest BCUT2D eigenvalue weighted by molar-refractivity contribution is 5.44. The number of hydrogen-bond acceptors (Lipinski definition) is 2. The van der Waals surface area contributed by atoms with Crippen LogP contribution in [0.15, 0.2) is 97.1 Å². The Morgan fingerprint density at radius 2 is 0.884 bits per heavy atom. The molecule has 4 aromatic rings. The zero-order valence-electron chi connectivity index (χ0n) is 26.0. The fraction of sp³-hybridized carbons (Fsp3) is 0.415. The Bertz CT molecular complexity index is 1350. The maximum atomic E-state index is 10.9. The highest BCUT2D eigenvalue weighted by Crippen LogP contribution is 2.45. The fourth-order valence-electron chi connectivity index (χ4n) is 8.24. The molecule has 2 saturated carbocycles. The van der Waals surface area contributed by atoms with Crippen LogP contribution in [0.4, 0.5) is 0 Å². The van der Waals surface area contributed by atoms with Gasteiger partial charge in [-0.2, -0.15) is 0 Å². The van der Waals surface area contributed by atoms with Crippen LogP contribution in [-0.2, 0) is 6.42 Å². The molecule has 2 atom stereocenters. The molecule has 0 spiro atoms. The summed E-state index contributed by atoms with van der Waals surface area (Å²) < 4.78 is 0. The first-order valence-corrected chi connectivity index (χ1v) is 16.7. The average molecular weight is 573 g/mol. The molecule has 0 heterocycles. The molecule has 2 aliphatic rings. The molecule has 0 saturated heterocycles. The second-order valence-corrected chi connectivity index (χ2v) is 13.6. The van der Waals surface area contributed by atoms with E-state index in [9.17, 15) is 10.2 Å².